The van der Waals surface area contributed by atoms with E-state index in [9.17, 15) is 0 Å². The van der Waals surface area contributed by atoms with Crippen molar-refractivity contribution in [3.05, 3.63) is 29.8 Å². The van der Waals surface area contributed by atoms with Crippen LogP contribution in [0.15, 0.2) is 24.3 Å². The van der Waals surface area contributed by atoms with Crippen molar-refractivity contribution < 1.29 is 0 Å². The van der Waals surface area contributed by atoms with Crippen molar-refractivity contribution >= 4 is 5.69 Å². The van der Waals surface area contributed by atoms with Gasteiger partial charge >= 0.3 is 0 Å². The summed E-state index contributed by atoms with van der Waals surface area (Å²) in [5, 5.41) is 8.79. The highest BCUT2D eigenvalue weighted by molar-refractivity contribution is 5.51. The van der Waals surface area contributed by atoms with Gasteiger partial charge in [0.1, 0.15) is 0 Å². The van der Waals surface area contributed by atoms with Crippen LogP contribution in [0.2, 0.25) is 0 Å². The molecule has 0 aliphatic carbocycles. The van der Waals surface area contributed by atoms with E-state index in [2.05, 4.69) is 42.1 Å². The second-order valence-electron chi connectivity index (χ2n) is 4.91. The summed E-state index contributed by atoms with van der Waals surface area (Å²) >= 11 is 0. The molecule has 1 atom stereocenters. The quantitative estimate of drug-likeness (QED) is 0.795. The first kappa shape index (κ1) is 11.9. The van der Waals surface area contributed by atoms with Gasteiger partial charge in [-0.3, -0.25) is 0 Å². The van der Waals surface area contributed by atoms with Gasteiger partial charge < -0.3 is 9.80 Å². The number of hydrogen-bond acceptors (Lipinski definition) is 3. The summed E-state index contributed by atoms with van der Waals surface area (Å²) in [6, 6.07) is 10.7. The van der Waals surface area contributed by atoms with Gasteiger partial charge in [0.2, 0.25) is 0 Å². The maximum Gasteiger partial charge on any atom is 0.0991 e. The van der Waals surface area contributed by atoms with E-state index in [0.717, 1.165) is 18.7 Å². The first-order valence-corrected chi connectivity index (χ1v) is 6.12. The van der Waals surface area contributed by atoms with E-state index < -0.39 is 0 Å². The van der Waals surface area contributed by atoms with Gasteiger partial charge in [-0.2, -0.15) is 5.26 Å². The summed E-state index contributed by atoms with van der Waals surface area (Å²) < 4.78 is 0. The minimum absolute atomic E-state index is 0.609. The Balaban J connectivity index is 2.12. The third-order valence-electron chi connectivity index (χ3n) is 3.28. The predicted octanol–water partition coefficient (Wildman–Crippen LogP) is 2.09. The molecule has 90 valence electrons. The summed E-state index contributed by atoms with van der Waals surface area (Å²) in [5.74, 6) is 0. The monoisotopic (exact) mass is 229 g/mol. The largest absolute Gasteiger partial charge is 0.367 e. The average molecular weight is 229 g/mol. The molecule has 0 amide bonds. The summed E-state index contributed by atoms with van der Waals surface area (Å²) in [5.41, 5.74) is 1.98. The number of anilines is 1. The molecule has 1 fully saturated rings. The van der Waals surface area contributed by atoms with Crippen LogP contribution in [0, 0.1) is 11.3 Å². The Morgan fingerprint density at radius 3 is 2.65 bits per heavy atom. The average Bonchev–Trinajstić information content (AvgIpc) is 2.76. The molecular formula is C14H19N3. The van der Waals surface area contributed by atoms with E-state index in [0.29, 0.717) is 6.04 Å². The highest BCUT2D eigenvalue weighted by atomic mass is 15.2. The molecule has 0 aromatic heterocycles. The Kier molecular flexibility index (Phi) is 3.65. The van der Waals surface area contributed by atoms with Crippen molar-refractivity contribution in [2.75, 3.05) is 32.1 Å². The molecule has 1 aliphatic rings. The number of rotatable bonds is 3. The molecule has 0 bridgehead atoms. The van der Waals surface area contributed by atoms with Gasteiger partial charge in [-0.05, 0) is 51.2 Å². The van der Waals surface area contributed by atoms with E-state index in [4.69, 9.17) is 5.26 Å². The Morgan fingerprint density at radius 2 is 2.06 bits per heavy atom. The molecule has 0 radical (unpaired) electrons. The van der Waals surface area contributed by atoms with Gasteiger partial charge in [-0.25, -0.2) is 0 Å². The smallest absolute Gasteiger partial charge is 0.0991 e. The zero-order valence-corrected chi connectivity index (χ0v) is 10.6. The van der Waals surface area contributed by atoms with Gasteiger partial charge in [-0.1, -0.05) is 0 Å². The molecule has 3 heteroatoms. The highest BCUT2D eigenvalue weighted by Gasteiger charge is 2.24. The van der Waals surface area contributed by atoms with Crippen LogP contribution < -0.4 is 4.90 Å². The molecule has 1 aromatic carbocycles. The number of likely N-dealkylation sites (N-methyl/N-ethyl adjacent to an activating group) is 1. The molecule has 0 N–H and O–H groups in total. The van der Waals surface area contributed by atoms with Gasteiger partial charge in [0.15, 0.2) is 0 Å². The van der Waals surface area contributed by atoms with Crippen LogP contribution in [0.25, 0.3) is 0 Å². The van der Waals surface area contributed by atoms with Gasteiger partial charge in [-0.15, -0.1) is 0 Å². The van der Waals surface area contributed by atoms with Gasteiger partial charge in [0.05, 0.1) is 11.6 Å². The van der Waals surface area contributed by atoms with E-state index in [1.807, 2.05) is 12.1 Å². The maximum atomic E-state index is 8.79. The minimum Gasteiger partial charge on any atom is -0.367 e. The Bertz CT molecular complexity index is 402. The zero-order valence-electron chi connectivity index (χ0n) is 10.6. The van der Waals surface area contributed by atoms with Crippen LogP contribution in [0.4, 0.5) is 5.69 Å². The summed E-state index contributed by atoms with van der Waals surface area (Å²) in [6.45, 7) is 2.23. The first-order valence-electron chi connectivity index (χ1n) is 6.12. The zero-order chi connectivity index (χ0) is 12.3. The molecule has 0 spiro atoms. The topological polar surface area (TPSA) is 30.3 Å². The van der Waals surface area contributed by atoms with E-state index in [1.54, 1.807) is 0 Å². The highest BCUT2D eigenvalue weighted by Crippen LogP contribution is 2.25. The SMILES string of the molecule is CN(C)CC1CCCN1c1ccc(C#N)cc1. The van der Waals surface area contributed by atoms with Gasteiger partial charge in [0, 0.05) is 24.8 Å². The normalized spacial score (nSPS) is 19.6. The number of hydrogen-bond donors (Lipinski definition) is 0. The Morgan fingerprint density at radius 1 is 1.35 bits per heavy atom. The van der Waals surface area contributed by atoms with Crippen LogP contribution in [0.1, 0.15) is 18.4 Å². The minimum atomic E-state index is 0.609. The maximum absolute atomic E-state index is 8.79. The standard InChI is InChI=1S/C14H19N3/c1-16(2)11-14-4-3-9-17(14)13-7-5-12(10-15)6-8-13/h5-8,14H,3-4,9,11H2,1-2H3. The van der Waals surface area contributed by atoms with Gasteiger partial charge in [0.25, 0.3) is 0 Å². The predicted molar refractivity (Wildman–Crippen MR) is 70.1 cm³/mol. The molecule has 1 unspecified atom stereocenters. The molecule has 17 heavy (non-hydrogen) atoms. The first-order chi connectivity index (χ1) is 8.20. The summed E-state index contributed by atoms with van der Waals surface area (Å²) in [4.78, 5) is 4.70. The van der Waals surface area contributed by atoms with Crippen LogP contribution in [-0.4, -0.2) is 38.1 Å². The fourth-order valence-corrected chi connectivity index (χ4v) is 2.51. The Hall–Kier alpha value is -1.53. The van der Waals surface area contributed by atoms with Crippen LogP contribution in [0.3, 0.4) is 0 Å². The van der Waals surface area contributed by atoms with Crippen LogP contribution >= 0.6 is 0 Å². The van der Waals surface area contributed by atoms with Crippen LogP contribution in [0.5, 0.6) is 0 Å². The third-order valence-corrected chi connectivity index (χ3v) is 3.28. The summed E-state index contributed by atoms with van der Waals surface area (Å²) in [6.07, 6.45) is 2.52. The van der Waals surface area contributed by atoms with Crippen molar-refractivity contribution in [3.63, 3.8) is 0 Å². The molecular weight excluding hydrogens is 210 g/mol. The number of nitriles is 1. The lowest BCUT2D eigenvalue weighted by atomic mass is 10.1. The summed E-state index contributed by atoms with van der Waals surface area (Å²) in [7, 11) is 4.24. The fourth-order valence-electron chi connectivity index (χ4n) is 2.51. The second kappa shape index (κ2) is 5.20. The molecule has 2 rings (SSSR count). The lowest BCUT2D eigenvalue weighted by Gasteiger charge is -2.29. The van der Waals surface area contributed by atoms with Crippen molar-refractivity contribution in [3.8, 4) is 6.07 Å². The fraction of sp³-hybridized carbons (Fsp3) is 0.500. The Labute approximate surface area is 103 Å². The molecule has 3 nitrogen and oxygen atoms in total. The van der Waals surface area contributed by atoms with E-state index >= 15 is 0 Å². The molecule has 0 saturated carbocycles. The lowest BCUT2D eigenvalue weighted by Crippen LogP contribution is -2.37. The third kappa shape index (κ3) is 2.78. The molecule has 1 saturated heterocycles. The van der Waals surface area contributed by atoms with E-state index in [1.165, 1.54) is 18.5 Å². The van der Waals surface area contributed by atoms with E-state index in [-0.39, 0.29) is 0 Å². The lowest BCUT2D eigenvalue weighted by molar-refractivity contribution is 0.372. The molecule has 1 aromatic rings. The number of nitrogens with zero attached hydrogens (tertiary/aromatic N) is 3. The van der Waals surface area contributed by atoms with Crippen LogP contribution in [-0.2, 0) is 0 Å². The second-order valence-corrected chi connectivity index (χ2v) is 4.91. The van der Waals surface area contributed by atoms with Crippen molar-refractivity contribution in [2.45, 2.75) is 18.9 Å². The van der Waals surface area contributed by atoms with Crippen molar-refractivity contribution in [1.29, 1.82) is 5.26 Å². The molecule has 1 aliphatic heterocycles. The number of benzene rings is 1. The molecule has 1 heterocycles. The van der Waals surface area contributed by atoms with Crippen molar-refractivity contribution in [2.24, 2.45) is 0 Å². The van der Waals surface area contributed by atoms with Crippen molar-refractivity contribution in [1.82, 2.24) is 4.90 Å².